The van der Waals surface area contributed by atoms with Crippen molar-refractivity contribution in [2.75, 3.05) is 7.05 Å². The minimum Gasteiger partial charge on any atom is -0.327 e. The Balaban J connectivity index is 1.54. The molecule has 5 heteroatoms. The zero-order valence-corrected chi connectivity index (χ0v) is 17.2. The second-order valence-corrected chi connectivity index (χ2v) is 8.01. The number of unbranched alkanes of at least 4 members (excludes halogenated alkanes) is 3. The van der Waals surface area contributed by atoms with Crippen LogP contribution in [-0.2, 0) is 19.5 Å². The van der Waals surface area contributed by atoms with Crippen LogP contribution in [-0.4, -0.2) is 26.5 Å². The molecule has 1 aromatic carbocycles. The summed E-state index contributed by atoms with van der Waals surface area (Å²) in [7, 11) is 2.20. The van der Waals surface area contributed by atoms with E-state index in [9.17, 15) is 0 Å². The number of nitriles is 1. The highest BCUT2D eigenvalue weighted by Gasteiger charge is 2.26. The fourth-order valence-electron chi connectivity index (χ4n) is 4.49. The monoisotopic (exact) mass is 387 g/mol. The molecule has 0 amide bonds. The van der Waals surface area contributed by atoms with Gasteiger partial charge in [0.2, 0.25) is 0 Å². The van der Waals surface area contributed by atoms with Gasteiger partial charge in [-0.25, -0.2) is 4.98 Å². The molecule has 0 bridgehead atoms. The molecular weight excluding hydrogens is 358 g/mol. The third-order valence-electron chi connectivity index (χ3n) is 5.99. The largest absolute Gasteiger partial charge is 0.327 e. The summed E-state index contributed by atoms with van der Waals surface area (Å²) in [6.07, 6.45) is 9.19. The van der Waals surface area contributed by atoms with Gasteiger partial charge in [-0.1, -0.05) is 24.6 Å². The summed E-state index contributed by atoms with van der Waals surface area (Å²) in [6.45, 7) is 1.77. The number of nitrogens with zero attached hydrogens (tertiary/aromatic N) is 5. The van der Waals surface area contributed by atoms with Gasteiger partial charge in [-0.2, -0.15) is 5.26 Å². The van der Waals surface area contributed by atoms with Crippen LogP contribution in [0, 0.1) is 11.3 Å². The Morgan fingerprint density at radius 1 is 1.17 bits per heavy atom. The van der Waals surface area contributed by atoms with E-state index in [1.165, 1.54) is 23.2 Å². The standard InChI is InChI=1S/C24H29N5/c1-28(22-14-8-10-19-11-9-16-26-24(19)22)18-23-27-20-12-4-5-13-21(20)29(23)17-7-3-2-6-15-25/h4-5,9,11-13,16,22H,2-3,6-8,10,14,17-18H2,1H3. The van der Waals surface area contributed by atoms with Crippen LogP contribution < -0.4 is 0 Å². The number of hydrogen-bond donors (Lipinski definition) is 0. The first-order chi connectivity index (χ1) is 14.3. The van der Waals surface area contributed by atoms with Crippen LogP contribution in [0.4, 0.5) is 0 Å². The maximum atomic E-state index is 8.75. The van der Waals surface area contributed by atoms with Crippen LogP contribution in [0.2, 0.25) is 0 Å². The molecule has 0 radical (unpaired) electrons. The molecule has 150 valence electrons. The van der Waals surface area contributed by atoms with Crippen molar-refractivity contribution in [3.63, 3.8) is 0 Å². The Kier molecular flexibility index (Phi) is 6.21. The Bertz CT molecular complexity index is 1000. The molecule has 0 saturated heterocycles. The number of hydrogen-bond acceptors (Lipinski definition) is 4. The lowest BCUT2D eigenvalue weighted by Gasteiger charge is -2.32. The van der Waals surface area contributed by atoms with Crippen molar-refractivity contribution >= 4 is 11.0 Å². The van der Waals surface area contributed by atoms with Crippen LogP contribution >= 0.6 is 0 Å². The molecule has 0 fully saturated rings. The van der Waals surface area contributed by atoms with Gasteiger partial charge in [-0.05, 0) is 62.9 Å². The summed E-state index contributed by atoms with van der Waals surface area (Å²) in [5.41, 5.74) is 4.90. The molecule has 1 unspecified atom stereocenters. The van der Waals surface area contributed by atoms with Gasteiger partial charge in [0.05, 0.1) is 35.4 Å². The van der Waals surface area contributed by atoms with Crippen LogP contribution in [0.3, 0.4) is 0 Å². The fraction of sp³-hybridized carbons (Fsp3) is 0.458. The van der Waals surface area contributed by atoms with Crippen molar-refractivity contribution in [2.45, 2.75) is 64.1 Å². The van der Waals surface area contributed by atoms with E-state index in [2.05, 4.69) is 52.9 Å². The Labute approximate surface area is 173 Å². The highest BCUT2D eigenvalue weighted by atomic mass is 15.2. The maximum absolute atomic E-state index is 8.75. The topological polar surface area (TPSA) is 57.7 Å². The third-order valence-corrected chi connectivity index (χ3v) is 5.99. The fourth-order valence-corrected chi connectivity index (χ4v) is 4.49. The van der Waals surface area contributed by atoms with Crippen LogP contribution in [0.5, 0.6) is 0 Å². The molecule has 1 atom stereocenters. The van der Waals surface area contributed by atoms with E-state index in [0.717, 1.165) is 56.5 Å². The van der Waals surface area contributed by atoms with Gasteiger partial charge in [0.15, 0.2) is 0 Å². The zero-order valence-electron chi connectivity index (χ0n) is 17.2. The molecule has 2 heterocycles. The Morgan fingerprint density at radius 3 is 2.97 bits per heavy atom. The van der Waals surface area contributed by atoms with Crippen molar-refractivity contribution in [1.82, 2.24) is 19.4 Å². The van der Waals surface area contributed by atoms with Gasteiger partial charge < -0.3 is 4.57 Å². The second kappa shape index (κ2) is 9.19. The van der Waals surface area contributed by atoms with Crippen molar-refractivity contribution in [3.05, 3.63) is 59.7 Å². The van der Waals surface area contributed by atoms with Crippen molar-refractivity contribution in [1.29, 1.82) is 5.26 Å². The number of fused-ring (bicyclic) bond motifs is 2. The smallest absolute Gasteiger partial charge is 0.124 e. The first kappa shape index (κ1) is 19.6. The predicted molar refractivity (Wildman–Crippen MR) is 115 cm³/mol. The summed E-state index contributed by atoms with van der Waals surface area (Å²) < 4.78 is 2.38. The molecule has 4 rings (SSSR count). The Hall–Kier alpha value is -2.71. The molecule has 0 saturated carbocycles. The minimum absolute atomic E-state index is 0.351. The quantitative estimate of drug-likeness (QED) is 0.509. The number of imidazole rings is 1. The molecule has 3 aromatic rings. The number of aryl methyl sites for hydroxylation is 2. The molecule has 1 aliphatic carbocycles. The molecule has 2 aromatic heterocycles. The molecule has 0 spiro atoms. The summed E-state index contributed by atoms with van der Waals surface area (Å²) in [6, 6.07) is 15.3. The average Bonchev–Trinajstić information content (AvgIpc) is 3.10. The van der Waals surface area contributed by atoms with E-state index in [0.29, 0.717) is 12.5 Å². The summed E-state index contributed by atoms with van der Waals surface area (Å²) >= 11 is 0. The number of benzene rings is 1. The summed E-state index contributed by atoms with van der Waals surface area (Å²) in [5.74, 6) is 1.12. The minimum atomic E-state index is 0.351. The van der Waals surface area contributed by atoms with Crippen molar-refractivity contribution in [2.24, 2.45) is 0 Å². The van der Waals surface area contributed by atoms with E-state index in [-0.39, 0.29) is 0 Å². The van der Waals surface area contributed by atoms with E-state index in [4.69, 9.17) is 15.2 Å². The van der Waals surface area contributed by atoms with E-state index < -0.39 is 0 Å². The van der Waals surface area contributed by atoms with Gasteiger partial charge in [0, 0.05) is 19.2 Å². The van der Waals surface area contributed by atoms with Gasteiger partial charge in [0.1, 0.15) is 5.82 Å². The first-order valence-electron chi connectivity index (χ1n) is 10.7. The van der Waals surface area contributed by atoms with E-state index in [1.807, 2.05) is 12.3 Å². The third kappa shape index (κ3) is 4.33. The summed E-state index contributed by atoms with van der Waals surface area (Å²) in [4.78, 5) is 12.1. The lowest BCUT2D eigenvalue weighted by atomic mass is 9.91. The number of rotatable bonds is 8. The highest BCUT2D eigenvalue weighted by Crippen LogP contribution is 2.33. The predicted octanol–water partition coefficient (Wildman–Crippen LogP) is 5.02. The number of aromatic nitrogens is 3. The van der Waals surface area contributed by atoms with E-state index in [1.54, 1.807) is 0 Å². The molecule has 1 aliphatic rings. The molecular formula is C24H29N5. The maximum Gasteiger partial charge on any atom is 0.124 e. The van der Waals surface area contributed by atoms with Crippen molar-refractivity contribution in [3.8, 4) is 6.07 Å². The van der Waals surface area contributed by atoms with Crippen molar-refractivity contribution < 1.29 is 0 Å². The molecule has 5 nitrogen and oxygen atoms in total. The molecule has 29 heavy (non-hydrogen) atoms. The lowest BCUT2D eigenvalue weighted by molar-refractivity contribution is 0.201. The SMILES string of the molecule is CN(Cc1nc2ccccc2n1CCCCCC#N)C1CCCc2cccnc21. The first-order valence-corrected chi connectivity index (χ1v) is 10.7. The normalized spacial score (nSPS) is 16.1. The Morgan fingerprint density at radius 2 is 2.07 bits per heavy atom. The number of para-hydroxylation sites is 2. The van der Waals surface area contributed by atoms with Gasteiger partial charge in [0.25, 0.3) is 0 Å². The van der Waals surface area contributed by atoms with Gasteiger partial charge in [-0.15, -0.1) is 0 Å². The highest BCUT2D eigenvalue weighted by molar-refractivity contribution is 5.75. The average molecular weight is 388 g/mol. The second-order valence-electron chi connectivity index (χ2n) is 8.01. The van der Waals surface area contributed by atoms with Crippen LogP contribution in [0.1, 0.15) is 61.6 Å². The van der Waals surface area contributed by atoms with Crippen LogP contribution in [0.25, 0.3) is 11.0 Å². The van der Waals surface area contributed by atoms with Gasteiger partial charge in [-0.3, -0.25) is 9.88 Å². The lowest BCUT2D eigenvalue weighted by Crippen LogP contribution is -2.29. The molecule has 0 N–H and O–H groups in total. The zero-order chi connectivity index (χ0) is 20.1. The number of pyridine rings is 1. The molecule has 0 aliphatic heterocycles. The summed E-state index contributed by atoms with van der Waals surface area (Å²) in [5, 5.41) is 8.75. The van der Waals surface area contributed by atoms with Crippen LogP contribution in [0.15, 0.2) is 42.6 Å². The van der Waals surface area contributed by atoms with E-state index >= 15 is 0 Å². The van der Waals surface area contributed by atoms with Gasteiger partial charge >= 0.3 is 0 Å².